The quantitative estimate of drug-likeness (QED) is 0.847. The Kier molecular flexibility index (Phi) is 3.11. The Bertz CT molecular complexity index is 563. The number of benzene rings is 2. The molecule has 0 unspecified atom stereocenters. The van der Waals surface area contributed by atoms with Gasteiger partial charge in [0.05, 0.1) is 0 Å². The smallest absolute Gasteiger partial charge is 0.320 e. The van der Waals surface area contributed by atoms with E-state index >= 15 is 0 Å². The number of nitrogens with two attached hydrogens (primary N) is 1. The van der Waals surface area contributed by atoms with E-state index in [1.54, 1.807) is 0 Å². The Morgan fingerprint density at radius 2 is 1.88 bits per heavy atom. The predicted octanol–water partition coefficient (Wildman–Crippen LogP) is 2.10. The minimum absolute atomic E-state index is 0.357. The first-order valence-electron chi connectivity index (χ1n) is 5.55. The van der Waals surface area contributed by atoms with Gasteiger partial charge in [0.15, 0.2) is 0 Å². The van der Waals surface area contributed by atoms with Crippen LogP contribution < -0.4 is 5.73 Å². The SMILES string of the molecule is Cc1ccc(C[C@H](N)C(=O)O)c2ccccc12. The molecule has 0 aliphatic heterocycles. The summed E-state index contributed by atoms with van der Waals surface area (Å²) >= 11 is 0. The second-order valence-corrected chi connectivity index (χ2v) is 4.24. The summed E-state index contributed by atoms with van der Waals surface area (Å²) in [6.45, 7) is 2.04. The van der Waals surface area contributed by atoms with Gasteiger partial charge in [0, 0.05) is 0 Å². The van der Waals surface area contributed by atoms with Crippen molar-refractivity contribution in [2.45, 2.75) is 19.4 Å². The summed E-state index contributed by atoms with van der Waals surface area (Å²) in [5.41, 5.74) is 7.75. The maximum atomic E-state index is 10.8. The molecule has 2 aromatic rings. The Hall–Kier alpha value is -1.87. The standard InChI is InChI=1S/C14H15NO2/c1-9-6-7-10(8-13(15)14(16)17)12-5-3-2-4-11(9)12/h2-7,13H,8,15H2,1H3,(H,16,17)/t13-/m0/s1. The van der Waals surface area contributed by atoms with Gasteiger partial charge in [-0.2, -0.15) is 0 Å². The molecule has 0 bridgehead atoms. The molecule has 0 spiro atoms. The van der Waals surface area contributed by atoms with Crippen molar-refractivity contribution in [1.82, 2.24) is 0 Å². The fraction of sp³-hybridized carbons (Fsp3) is 0.214. The Morgan fingerprint density at radius 3 is 2.53 bits per heavy atom. The number of aryl methyl sites for hydroxylation is 1. The van der Waals surface area contributed by atoms with Crippen molar-refractivity contribution in [3.63, 3.8) is 0 Å². The van der Waals surface area contributed by atoms with E-state index in [1.165, 1.54) is 5.56 Å². The monoisotopic (exact) mass is 229 g/mol. The molecule has 0 fully saturated rings. The Morgan fingerprint density at radius 1 is 1.24 bits per heavy atom. The summed E-state index contributed by atoms with van der Waals surface area (Å²) in [5, 5.41) is 11.1. The normalized spacial score (nSPS) is 12.6. The van der Waals surface area contributed by atoms with E-state index in [4.69, 9.17) is 10.8 Å². The first-order chi connectivity index (χ1) is 8.09. The molecule has 1 atom stereocenters. The van der Waals surface area contributed by atoms with Gasteiger partial charge in [-0.25, -0.2) is 0 Å². The van der Waals surface area contributed by atoms with Crippen molar-refractivity contribution in [2.75, 3.05) is 0 Å². The van der Waals surface area contributed by atoms with Gasteiger partial charge in [-0.15, -0.1) is 0 Å². The van der Waals surface area contributed by atoms with E-state index in [-0.39, 0.29) is 0 Å². The molecule has 0 aliphatic carbocycles. The summed E-state index contributed by atoms with van der Waals surface area (Å²) in [6, 6.07) is 11.1. The third-order valence-electron chi connectivity index (χ3n) is 2.99. The molecule has 0 saturated heterocycles. The second-order valence-electron chi connectivity index (χ2n) is 4.24. The number of aliphatic carboxylic acids is 1. The third kappa shape index (κ3) is 2.29. The molecule has 0 aliphatic rings. The van der Waals surface area contributed by atoms with E-state index < -0.39 is 12.0 Å². The van der Waals surface area contributed by atoms with Crippen LogP contribution in [0.25, 0.3) is 10.8 Å². The summed E-state index contributed by atoms with van der Waals surface area (Å²) in [7, 11) is 0. The zero-order chi connectivity index (χ0) is 12.4. The zero-order valence-electron chi connectivity index (χ0n) is 9.68. The van der Waals surface area contributed by atoms with Gasteiger partial charge in [0.2, 0.25) is 0 Å². The highest BCUT2D eigenvalue weighted by Gasteiger charge is 2.13. The average molecular weight is 229 g/mol. The van der Waals surface area contributed by atoms with Crippen LogP contribution in [-0.2, 0) is 11.2 Å². The van der Waals surface area contributed by atoms with Crippen LogP contribution in [0, 0.1) is 6.92 Å². The molecule has 0 amide bonds. The van der Waals surface area contributed by atoms with Crippen LogP contribution in [-0.4, -0.2) is 17.1 Å². The molecular formula is C14H15NO2. The van der Waals surface area contributed by atoms with E-state index in [2.05, 4.69) is 0 Å². The molecule has 0 heterocycles. The van der Waals surface area contributed by atoms with Crippen LogP contribution >= 0.6 is 0 Å². The molecule has 2 aromatic carbocycles. The van der Waals surface area contributed by atoms with Gasteiger partial charge in [-0.3, -0.25) is 4.79 Å². The second kappa shape index (κ2) is 4.55. The molecule has 3 nitrogen and oxygen atoms in total. The van der Waals surface area contributed by atoms with E-state index in [1.807, 2.05) is 43.3 Å². The van der Waals surface area contributed by atoms with Crippen molar-refractivity contribution in [2.24, 2.45) is 5.73 Å². The number of hydrogen-bond donors (Lipinski definition) is 2. The summed E-state index contributed by atoms with van der Waals surface area (Å²) in [5.74, 6) is -0.963. The van der Waals surface area contributed by atoms with Crippen LogP contribution in [0.3, 0.4) is 0 Å². The third-order valence-corrected chi connectivity index (χ3v) is 2.99. The summed E-state index contributed by atoms with van der Waals surface area (Å²) < 4.78 is 0. The van der Waals surface area contributed by atoms with Crippen molar-refractivity contribution in [3.05, 3.63) is 47.5 Å². The van der Waals surface area contributed by atoms with Crippen molar-refractivity contribution in [1.29, 1.82) is 0 Å². The summed E-state index contributed by atoms with van der Waals surface area (Å²) in [4.78, 5) is 10.8. The number of carboxylic acids is 1. The number of fused-ring (bicyclic) bond motifs is 1. The summed E-state index contributed by atoms with van der Waals surface area (Å²) in [6.07, 6.45) is 0.357. The Labute approximate surface area is 99.9 Å². The lowest BCUT2D eigenvalue weighted by Crippen LogP contribution is -2.32. The van der Waals surface area contributed by atoms with Gasteiger partial charge in [-0.1, -0.05) is 36.4 Å². The van der Waals surface area contributed by atoms with Crippen LogP contribution in [0.5, 0.6) is 0 Å². The van der Waals surface area contributed by atoms with Gasteiger partial charge >= 0.3 is 5.97 Å². The van der Waals surface area contributed by atoms with Gasteiger partial charge in [0.25, 0.3) is 0 Å². The highest BCUT2D eigenvalue weighted by atomic mass is 16.4. The molecule has 0 aromatic heterocycles. The van der Waals surface area contributed by atoms with E-state index in [0.717, 1.165) is 16.3 Å². The maximum absolute atomic E-state index is 10.8. The van der Waals surface area contributed by atoms with E-state index in [9.17, 15) is 4.79 Å². The number of carbonyl (C=O) groups is 1. The molecule has 0 radical (unpaired) electrons. The van der Waals surface area contributed by atoms with Gasteiger partial charge < -0.3 is 10.8 Å². The van der Waals surface area contributed by atoms with Crippen molar-refractivity contribution in [3.8, 4) is 0 Å². The van der Waals surface area contributed by atoms with E-state index in [0.29, 0.717) is 6.42 Å². The molecular weight excluding hydrogens is 214 g/mol. The molecule has 17 heavy (non-hydrogen) atoms. The first-order valence-corrected chi connectivity index (χ1v) is 5.55. The highest BCUT2D eigenvalue weighted by Crippen LogP contribution is 2.23. The predicted molar refractivity (Wildman–Crippen MR) is 68.0 cm³/mol. The fourth-order valence-corrected chi connectivity index (χ4v) is 2.01. The average Bonchev–Trinajstić information content (AvgIpc) is 2.33. The molecule has 88 valence electrons. The minimum Gasteiger partial charge on any atom is -0.480 e. The lowest BCUT2D eigenvalue weighted by Gasteiger charge is -2.11. The van der Waals surface area contributed by atoms with Crippen LogP contribution in [0.15, 0.2) is 36.4 Å². The minimum atomic E-state index is -0.963. The lowest BCUT2D eigenvalue weighted by molar-refractivity contribution is -0.138. The number of rotatable bonds is 3. The van der Waals surface area contributed by atoms with Gasteiger partial charge in [0.1, 0.15) is 6.04 Å². The maximum Gasteiger partial charge on any atom is 0.320 e. The molecule has 2 rings (SSSR count). The molecule has 3 N–H and O–H groups in total. The topological polar surface area (TPSA) is 63.3 Å². The largest absolute Gasteiger partial charge is 0.480 e. The lowest BCUT2D eigenvalue weighted by atomic mass is 9.96. The molecule has 0 saturated carbocycles. The number of carboxylic acid groups (broad SMARTS) is 1. The zero-order valence-corrected chi connectivity index (χ0v) is 9.68. The van der Waals surface area contributed by atoms with Gasteiger partial charge in [-0.05, 0) is 35.2 Å². The Balaban J connectivity index is 2.48. The highest BCUT2D eigenvalue weighted by molar-refractivity contribution is 5.89. The molecule has 3 heteroatoms. The van der Waals surface area contributed by atoms with Crippen LogP contribution in [0.4, 0.5) is 0 Å². The first kappa shape index (κ1) is 11.6. The van der Waals surface area contributed by atoms with Crippen LogP contribution in [0.1, 0.15) is 11.1 Å². The fourth-order valence-electron chi connectivity index (χ4n) is 2.01. The van der Waals surface area contributed by atoms with Crippen LogP contribution in [0.2, 0.25) is 0 Å². The number of hydrogen-bond acceptors (Lipinski definition) is 2. The van der Waals surface area contributed by atoms with Crippen molar-refractivity contribution < 1.29 is 9.90 Å². The van der Waals surface area contributed by atoms with Crippen molar-refractivity contribution >= 4 is 16.7 Å².